The summed E-state index contributed by atoms with van der Waals surface area (Å²) in [5.41, 5.74) is 1.04. The Kier molecular flexibility index (Phi) is 6.16. The molecule has 0 aliphatic carbocycles. The molecule has 0 bridgehead atoms. The number of likely N-dealkylation sites (tertiary alicyclic amines) is 1. The average Bonchev–Trinajstić information content (AvgIpc) is 3.23. The Morgan fingerprint density at radius 2 is 1.70 bits per heavy atom. The van der Waals surface area contributed by atoms with Crippen molar-refractivity contribution in [1.29, 1.82) is 0 Å². The second kappa shape index (κ2) is 8.39. The third-order valence-electron chi connectivity index (χ3n) is 5.39. The SMILES string of the molecule is CCS(=O)(=O)N1CCC(C(=O)Nc2ccccc2C(=O)N2CCCC2)CC1. The minimum absolute atomic E-state index is 0.0488. The number of piperidine rings is 1. The van der Waals surface area contributed by atoms with Crippen LogP contribution in [0.25, 0.3) is 0 Å². The standard InChI is InChI=1S/C19H27N3O4S/c1-2-27(25,26)22-13-9-15(10-14-22)18(23)20-17-8-4-3-7-16(17)19(24)21-11-5-6-12-21/h3-4,7-8,15H,2,5-6,9-14H2,1H3,(H,20,23). The van der Waals surface area contributed by atoms with Crippen LogP contribution >= 0.6 is 0 Å². The van der Waals surface area contributed by atoms with E-state index in [4.69, 9.17) is 0 Å². The van der Waals surface area contributed by atoms with Crippen molar-refractivity contribution in [2.45, 2.75) is 32.6 Å². The van der Waals surface area contributed by atoms with Crippen molar-refractivity contribution < 1.29 is 18.0 Å². The molecule has 2 fully saturated rings. The molecule has 0 spiro atoms. The van der Waals surface area contributed by atoms with Crippen LogP contribution in [-0.2, 0) is 14.8 Å². The van der Waals surface area contributed by atoms with E-state index in [-0.39, 0.29) is 23.5 Å². The molecule has 27 heavy (non-hydrogen) atoms. The highest BCUT2D eigenvalue weighted by atomic mass is 32.2. The number of rotatable bonds is 5. The summed E-state index contributed by atoms with van der Waals surface area (Å²) < 4.78 is 25.4. The van der Waals surface area contributed by atoms with E-state index < -0.39 is 10.0 Å². The highest BCUT2D eigenvalue weighted by Gasteiger charge is 2.31. The van der Waals surface area contributed by atoms with E-state index in [0.29, 0.717) is 37.2 Å². The molecule has 0 unspecified atom stereocenters. The number of sulfonamides is 1. The first kappa shape index (κ1) is 19.8. The lowest BCUT2D eigenvalue weighted by Gasteiger charge is -2.30. The first-order chi connectivity index (χ1) is 12.9. The second-order valence-electron chi connectivity index (χ2n) is 7.11. The minimum Gasteiger partial charge on any atom is -0.339 e. The molecule has 0 aromatic heterocycles. The van der Waals surface area contributed by atoms with Crippen LogP contribution in [0.3, 0.4) is 0 Å². The number of anilines is 1. The van der Waals surface area contributed by atoms with Crippen LogP contribution in [0.1, 0.15) is 43.0 Å². The van der Waals surface area contributed by atoms with Gasteiger partial charge in [-0.05, 0) is 44.7 Å². The molecule has 148 valence electrons. The maximum atomic E-state index is 12.7. The Morgan fingerprint density at radius 3 is 2.33 bits per heavy atom. The number of benzene rings is 1. The Balaban J connectivity index is 1.64. The van der Waals surface area contributed by atoms with Crippen LogP contribution in [0.5, 0.6) is 0 Å². The van der Waals surface area contributed by atoms with E-state index in [1.54, 1.807) is 31.2 Å². The third kappa shape index (κ3) is 4.50. The van der Waals surface area contributed by atoms with Gasteiger partial charge in [0.2, 0.25) is 15.9 Å². The fourth-order valence-corrected chi connectivity index (χ4v) is 4.82. The maximum absolute atomic E-state index is 12.7. The van der Waals surface area contributed by atoms with E-state index in [1.807, 2.05) is 4.90 Å². The zero-order valence-electron chi connectivity index (χ0n) is 15.7. The summed E-state index contributed by atoms with van der Waals surface area (Å²) in [6.45, 7) is 3.87. The molecule has 0 radical (unpaired) electrons. The lowest BCUT2D eigenvalue weighted by atomic mass is 9.97. The van der Waals surface area contributed by atoms with Gasteiger partial charge in [-0.2, -0.15) is 0 Å². The highest BCUT2D eigenvalue weighted by molar-refractivity contribution is 7.89. The van der Waals surface area contributed by atoms with E-state index in [9.17, 15) is 18.0 Å². The lowest BCUT2D eigenvalue weighted by molar-refractivity contribution is -0.120. The van der Waals surface area contributed by atoms with E-state index in [0.717, 1.165) is 25.9 Å². The summed E-state index contributed by atoms with van der Waals surface area (Å²) in [4.78, 5) is 27.2. The second-order valence-corrected chi connectivity index (χ2v) is 9.37. The topological polar surface area (TPSA) is 86.8 Å². The molecule has 2 aliphatic heterocycles. The molecule has 2 aliphatic rings. The predicted octanol–water partition coefficient (Wildman–Crippen LogP) is 1.92. The summed E-state index contributed by atoms with van der Waals surface area (Å²) in [7, 11) is -3.21. The maximum Gasteiger partial charge on any atom is 0.255 e. The van der Waals surface area contributed by atoms with Crippen LogP contribution in [-0.4, -0.2) is 61.4 Å². The van der Waals surface area contributed by atoms with Gasteiger partial charge < -0.3 is 10.2 Å². The van der Waals surface area contributed by atoms with Crippen molar-refractivity contribution in [2.24, 2.45) is 5.92 Å². The van der Waals surface area contributed by atoms with Gasteiger partial charge in [0.1, 0.15) is 0 Å². The first-order valence-corrected chi connectivity index (χ1v) is 11.2. The average molecular weight is 394 g/mol. The largest absolute Gasteiger partial charge is 0.339 e. The normalized spacial score (nSPS) is 19.2. The van der Waals surface area contributed by atoms with Crippen molar-refractivity contribution in [2.75, 3.05) is 37.2 Å². The Hall–Kier alpha value is -1.93. The van der Waals surface area contributed by atoms with Gasteiger partial charge in [0.15, 0.2) is 0 Å². The smallest absolute Gasteiger partial charge is 0.255 e. The molecule has 1 aromatic rings. The quantitative estimate of drug-likeness (QED) is 0.828. The van der Waals surface area contributed by atoms with Crippen molar-refractivity contribution in [3.8, 4) is 0 Å². The van der Waals surface area contributed by atoms with Gasteiger partial charge in [0.25, 0.3) is 5.91 Å². The molecule has 1 N–H and O–H groups in total. The number of nitrogens with one attached hydrogen (secondary N) is 1. The van der Waals surface area contributed by atoms with Crippen molar-refractivity contribution in [1.82, 2.24) is 9.21 Å². The van der Waals surface area contributed by atoms with Crippen LogP contribution in [0, 0.1) is 5.92 Å². The molecule has 1 aromatic carbocycles. The van der Waals surface area contributed by atoms with Crippen LogP contribution in [0.4, 0.5) is 5.69 Å². The zero-order chi connectivity index (χ0) is 19.4. The predicted molar refractivity (Wildman–Crippen MR) is 104 cm³/mol. The first-order valence-electron chi connectivity index (χ1n) is 9.59. The molecule has 3 rings (SSSR count). The minimum atomic E-state index is -3.21. The summed E-state index contributed by atoms with van der Waals surface area (Å²) >= 11 is 0. The van der Waals surface area contributed by atoms with Gasteiger partial charge >= 0.3 is 0 Å². The molecular weight excluding hydrogens is 366 g/mol. The van der Waals surface area contributed by atoms with E-state index in [2.05, 4.69) is 5.32 Å². The van der Waals surface area contributed by atoms with Gasteiger partial charge in [-0.3, -0.25) is 9.59 Å². The highest BCUT2D eigenvalue weighted by Crippen LogP contribution is 2.24. The third-order valence-corrected chi connectivity index (χ3v) is 7.27. The summed E-state index contributed by atoms with van der Waals surface area (Å²) in [5, 5.41) is 2.90. The number of hydrogen-bond acceptors (Lipinski definition) is 4. The Labute approximate surface area is 160 Å². The number of carbonyl (C=O) groups excluding carboxylic acids is 2. The molecule has 2 amide bonds. The summed E-state index contributed by atoms with van der Waals surface area (Å²) in [6.07, 6.45) is 3.01. The van der Waals surface area contributed by atoms with Gasteiger partial charge in [-0.1, -0.05) is 12.1 Å². The van der Waals surface area contributed by atoms with Gasteiger partial charge in [0.05, 0.1) is 17.0 Å². The number of carbonyl (C=O) groups is 2. The van der Waals surface area contributed by atoms with E-state index >= 15 is 0 Å². The number of hydrogen-bond donors (Lipinski definition) is 1. The summed E-state index contributed by atoms with van der Waals surface area (Å²) in [6, 6.07) is 7.09. The summed E-state index contributed by atoms with van der Waals surface area (Å²) in [5.74, 6) is -0.365. The van der Waals surface area contributed by atoms with Crippen molar-refractivity contribution in [3.05, 3.63) is 29.8 Å². The van der Waals surface area contributed by atoms with Crippen molar-refractivity contribution in [3.63, 3.8) is 0 Å². The molecule has 2 saturated heterocycles. The number of para-hydroxylation sites is 1. The number of amides is 2. The monoisotopic (exact) mass is 393 g/mol. The molecular formula is C19H27N3O4S. The molecule has 8 heteroatoms. The number of nitrogens with zero attached hydrogens (tertiary/aromatic N) is 2. The molecule has 7 nitrogen and oxygen atoms in total. The van der Waals surface area contributed by atoms with Crippen LogP contribution in [0.2, 0.25) is 0 Å². The lowest BCUT2D eigenvalue weighted by Crippen LogP contribution is -2.42. The molecule has 0 atom stereocenters. The zero-order valence-corrected chi connectivity index (χ0v) is 16.5. The van der Waals surface area contributed by atoms with Gasteiger partial charge in [-0.25, -0.2) is 12.7 Å². The van der Waals surface area contributed by atoms with Crippen molar-refractivity contribution >= 4 is 27.5 Å². The molecule has 2 heterocycles. The molecule has 0 saturated carbocycles. The fraction of sp³-hybridized carbons (Fsp3) is 0.579. The van der Waals surface area contributed by atoms with Crippen LogP contribution in [0.15, 0.2) is 24.3 Å². The van der Waals surface area contributed by atoms with Crippen LogP contribution < -0.4 is 5.32 Å². The Morgan fingerprint density at radius 1 is 1.07 bits per heavy atom. The van der Waals surface area contributed by atoms with Gasteiger partial charge in [0, 0.05) is 32.1 Å². The fourth-order valence-electron chi connectivity index (χ4n) is 3.68. The Bertz CT molecular complexity index is 795. The van der Waals surface area contributed by atoms with E-state index in [1.165, 1.54) is 4.31 Å². The van der Waals surface area contributed by atoms with Gasteiger partial charge in [-0.15, -0.1) is 0 Å².